The highest BCUT2D eigenvalue weighted by Gasteiger charge is 2.33. The maximum absolute atomic E-state index is 3.50. The molecule has 1 saturated heterocycles. The quantitative estimate of drug-likeness (QED) is 0.821. The smallest absolute Gasteiger partial charge is 0.0497 e. The van der Waals surface area contributed by atoms with Crippen molar-refractivity contribution in [3.63, 3.8) is 0 Å². The molecule has 0 spiro atoms. The molecule has 3 heterocycles. The van der Waals surface area contributed by atoms with Crippen LogP contribution in [0.15, 0.2) is 34.3 Å². The van der Waals surface area contributed by atoms with E-state index in [1.54, 1.807) is 11.3 Å². The predicted octanol–water partition coefficient (Wildman–Crippen LogP) is 3.24. The van der Waals surface area contributed by atoms with Gasteiger partial charge in [-0.1, -0.05) is 6.07 Å². The molecule has 0 bridgehead atoms. The molecule has 2 atom stereocenters. The number of rotatable bonds is 2. The molecule has 3 heteroatoms. The third-order valence-corrected chi connectivity index (χ3v) is 4.44. The minimum Gasteiger partial charge on any atom is -0.308 e. The highest BCUT2D eigenvalue weighted by molar-refractivity contribution is 7.10. The van der Waals surface area contributed by atoms with Crippen molar-refractivity contribution in [2.45, 2.75) is 12.0 Å². The van der Waals surface area contributed by atoms with Crippen molar-refractivity contribution in [1.29, 1.82) is 0 Å². The zero-order chi connectivity index (χ0) is 9.38. The number of thiophene rings is 2. The van der Waals surface area contributed by atoms with Gasteiger partial charge < -0.3 is 5.32 Å². The summed E-state index contributed by atoms with van der Waals surface area (Å²) in [5.41, 5.74) is 1.49. The van der Waals surface area contributed by atoms with E-state index in [9.17, 15) is 0 Å². The van der Waals surface area contributed by atoms with Gasteiger partial charge in [0.2, 0.25) is 0 Å². The number of nitrogens with one attached hydrogen (secondary N) is 1. The first kappa shape index (κ1) is 8.65. The second-order valence-corrected chi connectivity index (χ2v) is 5.32. The average molecular weight is 221 g/mol. The Hall–Kier alpha value is -0.640. The van der Waals surface area contributed by atoms with Crippen LogP contribution >= 0.6 is 22.7 Å². The molecule has 2 aromatic rings. The van der Waals surface area contributed by atoms with Crippen molar-refractivity contribution in [2.75, 3.05) is 6.54 Å². The molecule has 0 amide bonds. The highest BCUT2D eigenvalue weighted by Crippen LogP contribution is 2.39. The number of hydrogen-bond acceptors (Lipinski definition) is 3. The van der Waals surface area contributed by atoms with E-state index in [-0.39, 0.29) is 0 Å². The van der Waals surface area contributed by atoms with Crippen LogP contribution in [-0.4, -0.2) is 6.54 Å². The zero-order valence-corrected chi connectivity index (χ0v) is 9.28. The topological polar surface area (TPSA) is 12.0 Å². The molecular weight excluding hydrogens is 210 g/mol. The van der Waals surface area contributed by atoms with E-state index in [2.05, 4.69) is 39.7 Å². The van der Waals surface area contributed by atoms with Crippen molar-refractivity contribution in [1.82, 2.24) is 5.32 Å². The Morgan fingerprint density at radius 2 is 2.29 bits per heavy atom. The maximum atomic E-state index is 3.50. The molecule has 1 aliphatic rings. The Kier molecular flexibility index (Phi) is 2.16. The lowest BCUT2D eigenvalue weighted by Crippen LogP contribution is -2.43. The van der Waals surface area contributed by atoms with Crippen molar-refractivity contribution in [3.8, 4) is 0 Å². The molecule has 0 radical (unpaired) electrons. The minimum atomic E-state index is 0.560. The molecule has 3 rings (SSSR count). The Balaban J connectivity index is 1.85. The van der Waals surface area contributed by atoms with Gasteiger partial charge in [-0.3, -0.25) is 0 Å². The van der Waals surface area contributed by atoms with Gasteiger partial charge in [0.25, 0.3) is 0 Å². The van der Waals surface area contributed by atoms with E-state index in [1.807, 2.05) is 11.3 Å². The lowest BCUT2D eigenvalue weighted by atomic mass is 9.86. The molecular formula is C11H11NS2. The summed E-state index contributed by atoms with van der Waals surface area (Å²) in [7, 11) is 0. The molecule has 1 aliphatic heterocycles. The first-order valence-electron chi connectivity index (χ1n) is 4.74. The van der Waals surface area contributed by atoms with Crippen LogP contribution in [0.1, 0.15) is 22.4 Å². The fraction of sp³-hybridized carbons (Fsp3) is 0.273. The molecule has 0 aliphatic carbocycles. The van der Waals surface area contributed by atoms with Crippen molar-refractivity contribution < 1.29 is 0 Å². The first-order valence-corrected chi connectivity index (χ1v) is 6.56. The fourth-order valence-electron chi connectivity index (χ4n) is 1.92. The van der Waals surface area contributed by atoms with Gasteiger partial charge in [-0.25, -0.2) is 0 Å². The Morgan fingerprint density at radius 3 is 2.86 bits per heavy atom. The highest BCUT2D eigenvalue weighted by atomic mass is 32.1. The van der Waals surface area contributed by atoms with E-state index >= 15 is 0 Å². The van der Waals surface area contributed by atoms with Gasteiger partial charge in [-0.15, -0.1) is 11.3 Å². The lowest BCUT2D eigenvalue weighted by molar-refractivity contribution is 0.324. The average Bonchev–Trinajstić information content (AvgIpc) is 2.73. The summed E-state index contributed by atoms with van der Waals surface area (Å²) >= 11 is 3.64. The van der Waals surface area contributed by atoms with E-state index in [4.69, 9.17) is 0 Å². The summed E-state index contributed by atoms with van der Waals surface area (Å²) in [4.78, 5) is 1.47. The second kappa shape index (κ2) is 3.50. The molecule has 14 heavy (non-hydrogen) atoms. The molecule has 1 nitrogen and oxygen atoms in total. The SMILES string of the molecule is c1csc(C2NCC2c2ccsc2)c1. The van der Waals surface area contributed by atoms with E-state index < -0.39 is 0 Å². The zero-order valence-electron chi connectivity index (χ0n) is 7.64. The van der Waals surface area contributed by atoms with Gasteiger partial charge in [0.15, 0.2) is 0 Å². The lowest BCUT2D eigenvalue weighted by Gasteiger charge is -2.37. The van der Waals surface area contributed by atoms with Gasteiger partial charge in [-0.05, 0) is 33.8 Å². The summed E-state index contributed by atoms with van der Waals surface area (Å²) in [5.74, 6) is 0.694. The monoisotopic (exact) mass is 221 g/mol. The molecule has 2 aromatic heterocycles. The van der Waals surface area contributed by atoms with Crippen LogP contribution < -0.4 is 5.32 Å². The van der Waals surface area contributed by atoms with Crippen molar-refractivity contribution in [2.24, 2.45) is 0 Å². The van der Waals surface area contributed by atoms with Gasteiger partial charge >= 0.3 is 0 Å². The van der Waals surface area contributed by atoms with Crippen molar-refractivity contribution >= 4 is 22.7 Å². The largest absolute Gasteiger partial charge is 0.308 e. The molecule has 72 valence electrons. The summed E-state index contributed by atoms with van der Waals surface area (Å²) in [6, 6.07) is 7.16. The Bertz CT molecular complexity index is 351. The molecule has 1 fully saturated rings. The molecule has 2 unspecified atom stereocenters. The molecule has 0 aromatic carbocycles. The van der Waals surface area contributed by atoms with E-state index in [1.165, 1.54) is 10.4 Å². The van der Waals surface area contributed by atoms with Gasteiger partial charge in [0.1, 0.15) is 0 Å². The van der Waals surface area contributed by atoms with E-state index in [0.717, 1.165) is 6.54 Å². The first-order chi connectivity index (χ1) is 6.95. The van der Waals surface area contributed by atoms with Crippen LogP contribution in [0, 0.1) is 0 Å². The van der Waals surface area contributed by atoms with Gasteiger partial charge in [-0.2, -0.15) is 11.3 Å². The fourth-order valence-corrected chi connectivity index (χ4v) is 3.51. The van der Waals surface area contributed by atoms with Crippen LogP contribution in [0.2, 0.25) is 0 Å². The third kappa shape index (κ3) is 1.32. The molecule has 0 saturated carbocycles. The van der Waals surface area contributed by atoms with Crippen LogP contribution in [0.5, 0.6) is 0 Å². The Morgan fingerprint density at radius 1 is 1.29 bits per heavy atom. The van der Waals surface area contributed by atoms with Gasteiger partial charge in [0, 0.05) is 23.4 Å². The summed E-state index contributed by atoms with van der Waals surface area (Å²) in [6.07, 6.45) is 0. The van der Waals surface area contributed by atoms with Crippen LogP contribution in [0.4, 0.5) is 0 Å². The van der Waals surface area contributed by atoms with Crippen LogP contribution in [-0.2, 0) is 0 Å². The molecule has 1 N–H and O–H groups in total. The van der Waals surface area contributed by atoms with Gasteiger partial charge in [0.05, 0.1) is 0 Å². The third-order valence-electron chi connectivity index (χ3n) is 2.78. The number of hydrogen-bond donors (Lipinski definition) is 1. The summed E-state index contributed by atoms with van der Waals surface area (Å²) in [5, 5.41) is 10.1. The van der Waals surface area contributed by atoms with Crippen molar-refractivity contribution in [3.05, 3.63) is 44.8 Å². The normalized spacial score (nSPS) is 26.0. The summed E-state index contributed by atoms with van der Waals surface area (Å²) in [6.45, 7) is 1.12. The van der Waals surface area contributed by atoms with Crippen LogP contribution in [0.3, 0.4) is 0 Å². The Labute approximate surface area is 91.4 Å². The van der Waals surface area contributed by atoms with E-state index in [0.29, 0.717) is 12.0 Å². The maximum Gasteiger partial charge on any atom is 0.0497 e. The minimum absolute atomic E-state index is 0.560. The second-order valence-electron chi connectivity index (χ2n) is 3.56. The predicted molar refractivity (Wildman–Crippen MR) is 62.1 cm³/mol. The van der Waals surface area contributed by atoms with Crippen LogP contribution in [0.25, 0.3) is 0 Å². The summed E-state index contributed by atoms with van der Waals surface area (Å²) < 4.78 is 0. The standard InChI is InChI=1S/C11H11NS2/c1-2-10(14-4-1)11-9(6-12-11)8-3-5-13-7-8/h1-5,7,9,11-12H,6H2.